The molecule has 1 aliphatic rings. The molecule has 2 N–H and O–H groups in total. The van der Waals surface area contributed by atoms with E-state index in [1.807, 2.05) is 72.8 Å². The third kappa shape index (κ3) is 4.42. The Kier molecular flexibility index (Phi) is 5.71. The van der Waals surface area contributed by atoms with Crippen LogP contribution >= 0.6 is 23.5 Å². The zero-order valence-corrected chi connectivity index (χ0v) is 18.5. The van der Waals surface area contributed by atoms with E-state index in [9.17, 15) is 9.59 Å². The van der Waals surface area contributed by atoms with Crippen LogP contribution < -0.4 is 10.6 Å². The Morgan fingerprint density at radius 2 is 0.906 bits per heavy atom. The summed E-state index contributed by atoms with van der Waals surface area (Å²) in [4.78, 5) is 29.3. The molecule has 0 aromatic heterocycles. The first kappa shape index (κ1) is 20.4. The molecule has 0 saturated carbocycles. The molecule has 6 heteroatoms. The molecule has 0 fully saturated rings. The van der Waals surface area contributed by atoms with Crippen molar-refractivity contribution in [3.8, 4) is 0 Å². The molecule has 0 aliphatic carbocycles. The van der Waals surface area contributed by atoms with Crippen molar-refractivity contribution in [2.24, 2.45) is 0 Å². The Bertz CT molecular complexity index is 1210. The zero-order chi connectivity index (χ0) is 21.9. The largest absolute Gasteiger partial charge is 0.322 e. The fourth-order valence-electron chi connectivity index (χ4n) is 3.32. The van der Waals surface area contributed by atoms with Crippen molar-refractivity contribution >= 4 is 46.7 Å². The van der Waals surface area contributed by atoms with Gasteiger partial charge in [0.1, 0.15) is 0 Å². The van der Waals surface area contributed by atoms with Gasteiger partial charge in [-0.05, 0) is 60.7 Å². The van der Waals surface area contributed by atoms with Crippen molar-refractivity contribution in [2.45, 2.75) is 19.6 Å². The summed E-state index contributed by atoms with van der Waals surface area (Å²) in [6.45, 7) is 0. The number of carbonyl (C=O) groups excluding carboxylic acids is 2. The monoisotopic (exact) mass is 454 g/mol. The molecule has 0 saturated heterocycles. The minimum atomic E-state index is -0.127. The molecule has 4 aromatic rings. The summed E-state index contributed by atoms with van der Waals surface area (Å²) < 4.78 is 0. The molecule has 0 unspecified atom stereocenters. The Morgan fingerprint density at radius 3 is 1.31 bits per heavy atom. The third-order valence-electron chi connectivity index (χ3n) is 4.91. The van der Waals surface area contributed by atoms with Gasteiger partial charge >= 0.3 is 0 Å². The van der Waals surface area contributed by atoms with Crippen molar-refractivity contribution in [1.29, 1.82) is 0 Å². The quantitative estimate of drug-likeness (QED) is 0.313. The third-order valence-corrected chi connectivity index (χ3v) is 7.44. The lowest BCUT2D eigenvalue weighted by Gasteiger charge is -2.20. The number of benzene rings is 4. The first-order valence-corrected chi connectivity index (χ1v) is 11.7. The number of hydrogen-bond acceptors (Lipinski definition) is 4. The second kappa shape index (κ2) is 8.94. The summed E-state index contributed by atoms with van der Waals surface area (Å²) in [6, 6.07) is 30.2. The maximum Gasteiger partial charge on any atom is 0.255 e. The highest BCUT2D eigenvalue weighted by Gasteiger charge is 2.19. The maximum atomic E-state index is 12.5. The lowest BCUT2D eigenvalue weighted by atomic mass is 10.2. The summed E-state index contributed by atoms with van der Waals surface area (Å²) in [6.07, 6.45) is 0. The Morgan fingerprint density at radius 1 is 0.500 bits per heavy atom. The van der Waals surface area contributed by atoms with Crippen molar-refractivity contribution < 1.29 is 9.59 Å². The van der Waals surface area contributed by atoms with Gasteiger partial charge in [-0.25, -0.2) is 0 Å². The van der Waals surface area contributed by atoms with Gasteiger partial charge in [0.25, 0.3) is 11.8 Å². The first-order chi connectivity index (χ1) is 15.7. The predicted molar refractivity (Wildman–Crippen MR) is 130 cm³/mol. The van der Waals surface area contributed by atoms with Crippen LogP contribution in [0.15, 0.2) is 117 Å². The second-order valence-electron chi connectivity index (χ2n) is 7.17. The average Bonchev–Trinajstić information content (AvgIpc) is 2.84. The maximum absolute atomic E-state index is 12.5. The summed E-state index contributed by atoms with van der Waals surface area (Å²) >= 11 is 3.32. The van der Waals surface area contributed by atoms with Gasteiger partial charge in [-0.1, -0.05) is 59.9 Å². The van der Waals surface area contributed by atoms with Gasteiger partial charge in [0.2, 0.25) is 0 Å². The minimum Gasteiger partial charge on any atom is -0.322 e. The summed E-state index contributed by atoms with van der Waals surface area (Å²) in [5.41, 5.74) is 2.78. The number of amides is 2. The summed E-state index contributed by atoms with van der Waals surface area (Å²) in [7, 11) is 0. The van der Waals surface area contributed by atoms with Crippen molar-refractivity contribution in [1.82, 2.24) is 0 Å². The zero-order valence-electron chi connectivity index (χ0n) is 16.9. The van der Waals surface area contributed by atoms with Gasteiger partial charge in [0.05, 0.1) is 0 Å². The van der Waals surface area contributed by atoms with Crippen LogP contribution in [0, 0.1) is 0 Å². The van der Waals surface area contributed by atoms with Gasteiger partial charge in [-0.2, -0.15) is 0 Å². The van der Waals surface area contributed by atoms with Gasteiger partial charge in [-0.15, -0.1) is 0 Å². The van der Waals surface area contributed by atoms with Crippen LogP contribution in [0.4, 0.5) is 11.4 Å². The van der Waals surface area contributed by atoms with Crippen molar-refractivity contribution in [3.05, 3.63) is 108 Å². The molecule has 0 bridgehead atoms. The molecule has 2 amide bonds. The molecule has 1 aliphatic heterocycles. The van der Waals surface area contributed by atoms with Crippen LogP contribution in [0.3, 0.4) is 0 Å². The molecule has 1 heterocycles. The number of fused-ring (bicyclic) bond motifs is 2. The standard InChI is InChI=1S/C26H18N2O2S2/c29-25(17-7-3-1-4-8-17)27-19-11-13-21-23(15-19)31-22-14-12-20(16-24(22)32-21)28-26(30)18-9-5-2-6-10-18/h1-16H,(H,27,29)(H,28,30). The normalized spacial score (nSPS) is 11.8. The van der Waals surface area contributed by atoms with E-state index < -0.39 is 0 Å². The fraction of sp³-hybridized carbons (Fsp3) is 0. The molecule has 0 spiro atoms. The van der Waals surface area contributed by atoms with E-state index in [1.54, 1.807) is 47.8 Å². The molecule has 156 valence electrons. The van der Waals surface area contributed by atoms with E-state index in [4.69, 9.17) is 0 Å². The van der Waals surface area contributed by atoms with Gasteiger partial charge in [0.15, 0.2) is 0 Å². The highest BCUT2D eigenvalue weighted by molar-refractivity contribution is 8.05. The Balaban J connectivity index is 1.31. The van der Waals surface area contributed by atoms with E-state index in [1.165, 1.54) is 0 Å². The molecule has 4 nitrogen and oxygen atoms in total. The van der Waals surface area contributed by atoms with Gasteiger partial charge in [-0.3, -0.25) is 9.59 Å². The van der Waals surface area contributed by atoms with E-state index in [0.717, 1.165) is 31.0 Å². The minimum absolute atomic E-state index is 0.127. The van der Waals surface area contributed by atoms with E-state index in [-0.39, 0.29) is 11.8 Å². The molecule has 0 atom stereocenters. The van der Waals surface area contributed by atoms with Crippen LogP contribution in [0.2, 0.25) is 0 Å². The molecular weight excluding hydrogens is 436 g/mol. The Hall–Kier alpha value is -3.48. The van der Waals surface area contributed by atoms with Crippen molar-refractivity contribution in [2.75, 3.05) is 10.6 Å². The number of nitrogens with one attached hydrogen (secondary N) is 2. The second-order valence-corrected chi connectivity index (χ2v) is 9.34. The van der Waals surface area contributed by atoms with Crippen LogP contribution in [-0.4, -0.2) is 11.8 Å². The summed E-state index contributed by atoms with van der Waals surface area (Å²) in [5.74, 6) is -0.253. The topological polar surface area (TPSA) is 58.2 Å². The number of carbonyl (C=O) groups is 2. The van der Waals surface area contributed by atoms with Crippen LogP contribution in [-0.2, 0) is 0 Å². The highest BCUT2D eigenvalue weighted by Crippen LogP contribution is 2.49. The van der Waals surface area contributed by atoms with Crippen molar-refractivity contribution in [3.63, 3.8) is 0 Å². The number of hydrogen-bond donors (Lipinski definition) is 2. The fourth-order valence-corrected chi connectivity index (χ4v) is 5.60. The van der Waals surface area contributed by atoms with Gasteiger partial charge < -0.3 is 10.6 Å². The van der Waals surface area contributed by atoms with E-state index in [0.29, 0.717) is 11.1 Å². The molecule has 4 aromatic carbocycles. The highest BCUT2D eigenvalue weighted by atomic mass is 32.2. The smallest absolute Gasteiger partial charge is 0.255 e. The number of rotatable bonds is 4. The van der Waals surface area contributed by atoms with E-state index in [2.05, 4.69) is 10.6 Å². The molecule has 5 rings (SSSR count). The lowest BCUT2D eigenvalue weighted by Crippen LogP contribution is -2.12. The van der Waals surface area contributed by atoms with Crippen LogP contribution in [0.5, 0.6) is 0 Å². The molecular formula is C26H18N2O2S2. The van der Waals surface area contributed by atoms with Gasteiger partial charge in [0, 0.05) is 42.1 Å². The summed E-state index contributed by atoms with van der Waals surface area (Å²) in [5, 5.41) is 5.94. The SMILES string of the molecule is O=C(Nc1ccc2c(c1)Sc1ccc(NC(=O)c3ccccc3)cc1S2)c1ccccc1. The molecule has 32 heavy (non-hydrogen) atoms. The first-order valence-electron chi connectivity index (χ1n) is 10.0. The molecule has 0 radical (unpaired) electrons. The van der Waals surface area contributed by atoms with E-state index >= 15 is 0 Å². The Labute approximate surface area is 194 Å². The predicted octanol–water partition coefficient (Wildman–Crippen LogP) is 6.81. The lowest BCUT2D eigenvalue weighted by molar-refractivity contribution is 0.101. The van der Waals surface area contributed by atoms with Crippen LogP contribution in [0.1, 0.15) is 20.7 Å². The number of anilines is 2. The van der Waals surface area contributed by atoms with Crippen LogP contribution in [0.25, 0.3) is 0 Å². The average molecular weight is 455 g/mol.